The predicted molar refractivity (Wildman–Crippen MR) is 64.0 cm³/mol. The molecule has 17 heavy (non-hydrogen) atoms. The fourth-order valence-electron chi connectivity index (χ4n) is 2.30. The topological polar surface area (TPSA) is 58.4 Å². The van der Waals surface area contributed by atoms with Crippen molar-refractivity contribution in [3.05, 3.63) is 17.7 Å². The fourth-order valence-corrected chi connectivity index (χ4v) is 2.30. The molecular formula is C12H19N3O2. The highest BCUT2D eigenvalue weighted by Gasteiger charge is 2.16. The number of carboxylic acid groups (broad SMARTS) is 1. The van der Waals surface area contributed by atoms with Gasteiger partial charge >= 0.3 is 5.97 Å². The largest absolute Gasteiger partial charge is 0.475 e. The van der Waals surface area contributed by atoms with E-state index in [1.165, 1.54) is 19.3 Å². The molecule has 1 aromatic rings. The molecule has 0 aromatic carbocycles. The lowest BCUT2D eigenvalue weighted by Gasteiger charge is -2.25. The maximum absolute atomic E-state index is 11.0. The molecule has 2 heterocycles. The van der Waals surface area contributed by atoms with E-state index in [2.05, 4.69) is 9.88 Å². The van der Waals surface area contributed by atoms with Crippen molar-refractivity contribution in [2.24, 2.45) is 0 Å². The number of hydrogen-bond acceptors (Lipinski definition) is 3. The molecule has 1 aliphatic rings. The molecule has 1 saturated heterocycles. The third-order valence-corrected chi connectivity index (χ3v) is 3.19. The summed E-state index contributed by atoms with van der Waals surface area (Å²) in [7, 11) is 0. The van der Waals surface area contributed by atoms with Gasteiger partial charge < -0.3 is 9.67 Å². The minimum Gasteiger partial charge on any atom is -0.475 e. The third-order valence-electron chi connectivity index (χ3n) is 3.19. The van der Waals surface area contributed by atoms with Gasteiger partial charge in [0.25, 0.3) is 0 Å². The van der Waals surface area contributed by atoms with E-state index < -0.39 is 5.97 Å². The van der Waals surface area contributed by atoms with Crippen LogP contribution in [0.4, 0.5) is 0 Å². The van der Waals surface area contributed by atoms with Crippen molar-refractivity contribution in [3.63, 3.8) is 0 Å². The van der Waals surface area contributed by atoms with Gasteiger partial charge in [-0.3, -0.25) is 4.90 Å². The average Bonchev–Trinajstić information content (AvgIpc) is 2.73. The van der Waals surface area contributed by atoms with Gasteiger partial charge in [0, 0.05) is 19.3 Å². The molecule has 1 aliphatic heterocycles. The molecule has 0 saturated carbocycles. The van der Waals surface area contributed by atoms with Gasteiger partial charge in [-0.05, 0) is 32.9 Å². The standard InChI is InChI=1S/C12H19N3O2/c1-2-15-9-10(13-11(15)12(16)17)8-14-6-4-3-5-7-14/h9H,2-8H2,1H3,(H,16,17). The smallest absolute Gasteiger partial charge is 0.372 e. The molecule has 0 radical (unpaired) electrons. The van der Waals surface area contributed by atoms with Crippen LogP contribution >= 0.6 is 0 Å². The summed E-state index contributed by atoms with van der Waals surface area (Å²) in [5.74, 6) is -0.795. The van der Waals surface area contributed by atoms with E-state index in [1.54, 1.807) is 4.57 Å². The number of carbonyl (C=O) groups is 1. The number of aromatic carboxylic acids is 1. The van der Waals surface area contributed by atoms with Crippen molar-refractivity contribution >= 4 is 5.97 Å². The van der Waals surface area contributed by atoms with Crippen LogP contribution in [-0.2, 0) is 13.1 Å². The van der Waals surface area contributed by atoms with Gasteiger partial charge in [0.05, 0.1) is 5.69 Å². The zero-order valence-corrected chi connectivity index (χ0v) is 10.2. The molecule has 2 rings (SSSR count). The Kier molecular flexibility index (Phi) is 3.78. The molecule has 0 unspecified atom stereocenters. The fraction of sp³-hybridized carbons (Fsp3) is 0.667. The lowest BCUT2D eigenvalue weighted by Crippen LogP contribution is -2.29. The molecule has 0 bridgehead atoms. The van der Waals surface area contributed by atoms with Gasteiger partial charge in [-0.15, -0.1) is 0 Å². The number of carboxylic acids is 1. The first-order valence-corrected chi connectivity index (χ1v) is 6.22. The van der Waals surface area contributed by atoms with Crippen molar-refractivity contribution in [1.29, 1.82) is 0 Å². The third kappa shape index (κ3) is 2.85. The average molecular weight is 237 g/mol. The number of imidazole rings is 1. The van der Waals surface area contributed by atoms with Crippen LogP contribution in [-0.4, -0.2) is 38.6 Å². The maximum Gasteiger partial charge on any atom is 0.372 e. The zero-order valence-electron chi connectivity index (χ0n) is 10.2. The second-order valence-electron chi connectivity index (χ2n) is 4.48. The summed E-state index contributed by atoms with van der Waals surface area (Å²) in [6, 6.07) is 0. The Hall–Kier alpha value is -1.36. The second kappa shape index (κ2) is 5.31. The van der Waals surface area contributed by atoms with E-state index in [0.29, 0.717) is 6.54 Å². The molecule has 1 aromatic heterocycles. The first-order chi connectivity index (χ1) is 8.20. The van der Waals surface area contributed by atoms with Crippen LogP contribution in [0, 0.1) is 0 Å². The molecule has 0 amide bonds. The zero-order chi connectivity index (χ0) is 12.3. The van der Waals surface area contributed by atoms with Crippen LogP contribution < -0.4 is 0 Å². The number of likely N-dealkylation sites (tertiary alicyclic amines) is 1. The highest BCUT2D eigenvalue weighted by atomic mass is 16.4. The van der Waals surface area contributed by atoms with Crippen LogP contribution in [0.5, 0.6) is 0 Å². The van der Waals surface area contributed by atoms with E-state index in [9.17, 15) is 4.79 Å². The molecule has 1 fully saturated rings. The van der Waals surface area contributed by atoms with Crippen LogP contribution in [0.25, 0.3) is 0 Å². The molecule has 0 aliphatic carbocycles. The number of aromatic nitrogens is 2. The summed E-state index contributed by atoms with van der Waals surface area (Å²) in [6.07, 6.45) is 5.64. The monoisotopic (exact) mass is 237 g/mol. The minimum absolute atomic E-state index is 0.152. The summed E-state index contributed by atoms with van der Waals surface area (Å²) in [5.41, 5.74) is 0.867. The lowest BCUT2D eigenvalue weighted by atomic mass is 10.1. The van der Waals surface area contributed by atoms with Gasteiger partial charge in [-0.2, -0.15) is 0 Å². The number of rotatable bonds is 4. The molecule has 0 atom stereocenters. The first-order valence-electron chi connectivity index (χ1n) is 6.22. The Balaban J connectivity index is 2.07. The van der Waals surface area contributed by atoms with Crippen LogP contribution in [0.1, 0.15) is 42.5 Å². The van der Waals surface area contributed by atoms with E-state index in [0.717, 1.165) is 25.3 Å². The summed E-state index contributed by atoms with van der Waals surface area (Å²) in [5, 5.41) is 9.02. The quantitative estimate of drug-likeness (QED) is 0.864. The SMILES string of the molecule is CCn1cc(CN2CCCCC2)nc1C(=O)O. The molecular weight excluding hydrogens is 218 g/mol. The maximum atomic E-state index is 11.0. The summed E-state index contributed by atoms with van der Waals surface area (Å²) in [6.45, 7) is 5.55. The van der Waals surface area contributed by atoms with E-state index in [-0.39, 0.29) is 5.82 Å². The molecule has 0 spiro atoms. The van der Waals surface area contributed by atoms with Crippen molar-refractivity contribution in [2.45, 2.75) is 39.3 Å². The number of piperidine rings is 1. The molecule has 5 heteroatoms. The minimum atomic E-state index is -0.947. The number of hydrogen-bond donors (Lipinski definition) is 1. The first kappa shape index (κ1) is 12.1. The Morgan fingerprint density at radius 1 is 1.41 bits per heavy atom. The Labute approximate surface area is 101 Å². The van der Waals surface area contributed by atoms with Crippen molar-refractivity contribution in [3.8, 4) is 0 Å². The number of nitrogens with zero attached hydrogens (tertiary/aromatic N) is 3. The number of aryl methyl sites for hydroxylation is 1. The molecule has 5 nitrogen and oxygen atoms in total. The van der Waals surface area contributed by atoms with E-state index in [4.69, 9.17) is 5.11 Å². The normalized spacial score (nSPS) is 17.2. The van der Waals surface area contributed by atoms with Crippen LogP contribution in [0.15, 0.2) is 6.20 Å². The summed E-state index contributed by atoms with van der Waals surface area (Å²) >= 11 is 0. The van der Waals surface area contributed by atoms with Gasteiger partial charge in [-0.25, -0.2) is 9.78 Å². The van der Waals surface area contributed by atoms with Gasteiger partial charge in [-0.1, -0.05) is 6.42 Å². The highest BCUT2D eigenvalue weighted by Crippen LogP contribution is 2.13. The Morgan fingerprint density at radius 3 is 2.65 bits per heavy atom. The van der Waals surface area contributed by atoms with Crippen molar-refractivity contribution < 1.29 is 9.90 Å². The predicted octanol–water partition coefficient (Wildman–Crippen LogP) is 1.59. The van der Waals surface area contributed by atoms with Gasteiger partial charge in [0.15, 0.2) is 0 Å². The second-order valence-corrected chi connectivity index (χ2v) is 4.48. The summed E-state index contributed by atoms with van der Waals surface area (Å²) in [4.78, 5) is 17.5. The highest BCUT2D eigenvalue weighted by molar-refractivity contribution is 5.83. The molecule has 1 N–H and O–H groups in total. The van der Waals surface area contributed by atoms with Crippen molar-refractivity contribution in [2.75, 3.05) is 13.1 Å². The molecule has 94 valence electrons. The van der Waals surface area contributed by atoms with Gasteiger partial charge in [0.2, 0.25) is 5.82 Å². The van der Waals surface area contributed by atoms with Gasteiger partial charge in [0.1, 0.15) is 0 Å². The lowest BCUT2D eigenvalue weighted by molar-refractivity contribution is 0.0678. The Morgan fingerprint density at radius 2 is 2.12 bits per heavy atom. The van der Waals surface area contributed by atoms with Crippen molar-refractivity contribution in [1.82, 2.24) is 14.5 Å². The van der Waals surface area contributed by atoms with E-state index >= 15 is 0 Å². The van der Waals surface area contributed by atoms with Crippen LogP contribution in [0.2, 0.25) is 0 Å². The van der Waals surface area contributed by atoms with E-state index in [1.807, 2.05) is 13.1 Å². The van der Waals surface area contributed by atoms with Crippen LogP contribution in [0.3, 0.4) is 0 Å². The Bertz CT molecular complexity index is 394. The summed E-state index contributed by atoms with van der Waals surface area (Å²) < 4.78 is 1.70.